The molecule has 1 saturated heterocycles. The first-order valence-corrected chi connectivity index (χ1v) is 5.20. The third-order valence-corrected chi connectivity index (χ3v) is 2.50. The first-order chi connectivity index (χ1) is 6.79. The molecule has 0 radical (unpaired) electrons. The highest BCUT2D eigenvalue weighted by Crippen LogP contribution is 2.29. The van der Waals surface area contributed by atoms with Gasteiger partial charge in [0.25, 0.3) is 0 Å². The topological polar surface area (TPSA) is 32.8 Å². The zero-order chi connectivity index (χ0) is 10.4. The summed E-state index contributed by atoms with van der Waals surface area (Å²) >= 11 is 0. The Kier molecular flexibility index (Phi) is 4.72. The molecule has 0 bridgehead atoms. The maximum absolute atomic E-state index is 9.23. The van der Waals surface area contributed by atoms with Crippen molar-refractivity contribution in [3.8, 4) is 12.3 Å². The van der Waals surface area contributed by atoms with E-state index in [1.165, 1.54) is 12.8 Å². The van der Waals surface area contributed by atoms with Gasteiger partial charge in [0.05, 0.1) is 6.10 Å². The van der Waals surface area contributed by atoms with Crippen LogP contribution in [0, 0.1) is 12.3 Å². The average molecular weight is 194 g/mol. The molecule has 0 aromatic rings. The lowest BCUT2D eigenvalue weighted by Gasteiger charge is -1.97. The Morgan fingerprint density at radius 1 is 1.50 bits per heavy atom. The number of aliphatic hydroxyl groups is 1. The van der Waals surface area contributed by atoms with Crippen molar-refractivity contribution in [2.24, 2.45) is 0 Å². The fraction of sp³-hybridized carbons (Fsp3) is 0.667. The highest BCUT2D eigenvalue weighted by atomic mass is 16.6. The number of ether oxygens (including phenoxy) is 1. The molecule has 0 unspecified atom stereocenters. The van der Waals surface area contributed by atoms with E-state index >= 15 is 0 Å². The van der Waals surface area contributed by atoms with Crippen LogP contribution in [0.25, 0.3) is 0 Å². The van der Waals surface area contributed by atoms with Crippen LogP contribution >= 0.6 is 0 Å². The van der Waals surface area contributed by atoms with Crippen LogP contribution < -0.4 is 0 Å². The number of unbranched alkanes of at least 4 members (excludes halogenated alkanes) is 3. The van der Waals surface area contributed by atoms with Crippen LogP contribution in [-0.4, -0.2) is 23.4 Å². The summed E-state index contributed by atoms with van der Waals surface area (Å²) in [7, 11) is 0. The molecule has 0 saturated carbocycles. The summed E-state index contributed by atoms with van der Waals surface area (Å²) in [6.07, 6.45) is 12.0. The van der Waals surface area contributed by atoms with Crippen molar-refractivity contribution in [3.05, 3.63) is 12.7 Å². The largest absolute Gasteiger partial charge is 0.378 e. The standard InChI is InChI=1S/C12H18O2/c1-3-5-6-7-8-9-11-12(14-11)10(13)4-2/h2-3,10-13H,1,5-9H2/t10-,11-,12-/m1/s1. The summed E-state index contributed by atoms with van der Waals surface area (Å²) in [6, 6.07) is 0. The summed E-state index contributed by atoms with van der Waals surface area (Å²) in [5, 5.41) is 9.23. The molecule has 14 heavy (non-hydrogen) atoms. The molecule has 1 aliphatic heterocycles. The molecule has 0 aromatic carbocycles. The monoisotopic (exact) mass is 194 g/mol. The van der Waals surface area contributed by atoms with E-state index < -0.39 is 6.10 Å². The summed E-state index contributed by atoms with van der Waals surface area (Å²) in [4.78, 5) is 0. The minimum absolute atomic E-state index is 0.0978. The van der Waals surface area contributed by atoms with Crippen molar-refractivity contribution < 1.29 is 9.84 Å². The molecule has 2 heteroatoms. The van der Waals surface area contributed by atoms with Gasteiger partial charge in [0.15, 0.2) is 0 Å². The third-order valence-electron chi connectivity index (χ3n) is 2.50. The first kappa shape index (κ1) is 11.3. The number of epoxide rings is 1. The van der Waals surface area contributed by atoms with Crippen LogP contribution in [0.5, 0.6) is 0 Å². The lowest BCUT2D eigenvalue weighted by molar-refractivity contribution is 0.185. The van der Waals surface area contributed by atoms with Gasteiger partial charge in [-0.05, 0) is 19.3 Å². The quantitative estimate of drug-likeness (QED) is 0.290. The molecule has 0 aromatic heterocycles. The Labute approximate surface area is 86.0 Å². The second kappa shape index (κ2) is 5.85. The van der Waals surface area contributed by atoms with Gasteiger partial charge in [0.2, 0.25) is 0 Å². The lowest BCUT2D eigenvalue weighted by atomic mass is 10.1. The van der Waals surface area contributed by atoms with Gasteiger partial charge < -0.3 is 9.84 Å². The SMILES string of the molecule is C#C[C@@H](O)[C@H]1O[C@@H]1CCCCCC=C. The van der Waals surface area contributed by atoms with Crippen molar-refractivity contribution in [3.63, 3.8) is 0 Å². The molecular weight excluding hydrogens is 176 g/mol. The Morgan fingerprint density at radius 2 is 2.29 bits per heavy atom. The van der Waals surface area contributed by atoms with Crippen LogP contribution in [0.2, 0.25) is 0 Å². The predicted octanol–water partition coefficient (Wildman–Crippen LogP) is 1.88. The van der Waals surface area contributed by atoms with Gasteiger partial charge in [-0.1, -0.05) is 24.8 Å². The average Bonchev–Trinajstić information content (AvgIpc) is 2.96. The molecule has 1 aliphatic rings. The van der Waals surface area contributed by atoms with Gasteiger partial charge in [-0.25, -0.2) is 0 Å². The van der Waals surface area contributed by atoms with E-state index in [9.17, 15) is 5.11 Å². The molecule has 1 fully saturated rings. The van der Waals surface area contributed by atoms with Crippen molar-refractivity contribution in [2.45, 2.75) is 50.4 Å². The number of hydrogen-bond acceptors (Lipinski definition) is 2. The van der Waals surface area contributed by atoms with Crippen molar-refractivity contribution in [2.75, 3.05) is 0 Å². The molecule has 0 amide bonds. The molecule has 2 nitrogen and oxygen atoms in total. The molecule has 3 atom stereocenters. The Hall–Kier alpha value is -0.780. The van der Waals surface area contributed by atoms with Crippen LogP contribution in [0.3, 0.4) is 0 Å². The van der Waals surface area contributed by atoms with E-state index in [0.29, 0.717) is 0 Å². The Bertz CT molecular complexity index is 217. The molecule has 78 valence electrons. The smallest absolute Gasteiger partial charge is 0.143 e. The van der Waals surface area contributed by atoms with E-state index in [4.69, 9.17) is 11.2 Å². The maximum Gasteiger partial charge on any atom is 0.143 e. The maximum atomic E-state index is 9.23. The molecule has 1 rings (SSSR count). The van der Waals surface area contributed by atoms with Gasteiger partial charge >= 0.3 is 0 Å². The van der Waals surface area contributed by atoms with Gasteiger partial charge in [-0.2, -0.15) is 0 Å². The van der Waals surface area contributed by atoms with E-state index in [1.807, 2.05) is 6.08 Å². The lowest BCUT2D eigenvalue weighted by Crippen LogP contribution is -2.13. The molecule has 0 aliphatic carbocycles. The number of allylic oxidation sites excluding steroid dienone is 1. The number of rotatable bonds is 7. The van der Waals surface area contributed by atoms with Gasteiger partial charge in [-0.3, -0.25) is 0 Å². The van der Waals surface area contributed by atoms with Crippen molar-refractivity contribution in [1.82, 2.24) is 0 Å². The highest BCUT2D eigenvalue weighted by molar-refractivity contribution is 5.05. The summed E-state index contributed by atoms with van der Waals surface area (Å²) in [5.74, 6) is 2.28. The summed E-state index contributed by atoms with van der Waals surface area (Å²) in [6.45, 7) is 3.67. The summed E-state index contributed by atoms with van der Waals surface area (Å²) < 4.78 is 5.26. The highest BCUT2D eigenvalue weighted by Gasteiger charge is 2.42. The van der Waals surface area contributed by atoms with E-state index in [2.05, 4.69) is 12.5 Å². The Balaban J connectivity index is 1.95. The normalized spacial score (nSPS) is 26.6. The molecule has 0 spiro atoms. The Morgan fingerprint density at radius 3 is 2.93 bits per heavy atom. The zero-order valence-corrected chi connectivity index (χ0v) is 8.48. The fourth-order valence-corrected chi connectivity index (χ4v) is 1.57. The van der Waals surface area contributed by atoms with Crippen LogP contribution in [0.4, 0.5) is 0 Å². The minimum atomic E-state index is -0.715. The predicted molar refractivity (Wildman–Crippen MR) is 56.8 cm³/mol. The van der Waals surface area contributed by atoms with Crippen LogP contribution in [0.15, 0.2) is 12.7 Å². The number of hydrogen-bond donors (Lipinski definition) is 1. The summed E-state index contributed by atoms with van der Waals surface area (Å²) in [5.41, 5.74) is 0. The second-order valence-corrected chi connectivity index (χ2v) is 3.68. The molecule has 1 N–H and O–H groups in total. The van der Waals surface area contributed by atoms with Crippen LogP contribution in [0.1, 0.15) is 32.1 Å². The number of terminal acetylenes is 1. The fourth-order valence-electron chi connectivity index (χ4n) is 1.57. The van der Waals surface area contributed by atoms with E-state index in [1.54, 1.807) is 0 Å². The van der Waals surface area contributed by atoms with Gasteiger partial charge in [-0.15, -0.1) is 13.0 Å². The number of aliphatic hydroxyl groups excluding tert-OH is 1. The zero-order valence-electron chi connectivity index (χ0n) is 8.48. The molecular formula is C12H18O2. The van der Waals surface area contributed by atoms with Crippen molar-refractivity contribution in [1.29, 1.82) is 0 Å². The third kappa shape index (κ3) is 3.53. The van der Waals surface area contributed by atoms with Gasteiger partial charge in [0, 0.05) is 0 Å². The van der Waals surface area contributed by atoms with E-state index in [-0.39, 0.29) is 12.2 Å². The van der Waals surface area contributed by atoms with Crippen LogP contribution in [-0.2, 0) is 4.74 Å². The first-order valence-electron chi connectivity index (χ1n) is 5.20. The molecule has 1 heterocycles. The van der Waals surface area contributed by atoms with E-state index in [0.717, 1.165) is 19.3 Å². The van der Waals surface area contributed by atoms with Gasteiger partial charge in [0.1, 0.15) is 12.2 Å². The van der Waals surface area contributed by atoms with Crippen molar-refractivity contribution >= 4 is 0 Å². The minimum Gasteiger partial charge on any atom is -0.378 e. The second-order valence-electron chi connectivity index (χ2n) is 3.68.